The van der Waals surface area contributed by atoms with Gasteiger partial charge in [-0.2, -0.15) is 4.72 Å². The maximum Gasteiger partial charge on any atom is 0.323 e. The Morgan fingerprint density at radius 3 is 1.78 bits per heavy atom. The van der Waals surface area contributed by atoms with E-state index in [1.54, 1.807) is 24.3 Å². The van der Waals surface area contributed by atoms with E-state index in [1.807, 2.05) is 74.5 Å². The van der Waals surface area contributed by atoms with Crippen molar-refractivity contribution in [1.82, 2.24) is 4.72 Å². The summed E-state index contributed by atoms with van der Waals surface area (Å²) in [6.07, 6.45) is 0.315. The predicted molar refractivity (Wildman–Crippen MR) is 156 cm³/mol. The number of hydrogen-bond donors (Lipinski definition) is 1. The van der Waals surface area contributed by atoms with Crippen molar-refractivity contribution in [2.24, 2.45) is 5.92 Å². The average Bonchev–Trinajstić information content (AvgIpc) is 2.86. The van der Waals surface area contributed by atoms with Gasteiger partial charge in [0.15, 0.2) is 0 Å². The van der Waals surface area contributed by atoms with E-state index in [0.717, 1.165) is 15.9 Å². The van der Waals surface area contributed by atoms with Crippen LogP contribution in [0.25, 0.3) is 0 Å². The van der Waals surface area contributed by atoms with E-state index in [1.165, 1.54) is 0 Å². The van der Waals surface area contributed by atoms with Crippen molar-refractivity contribution >= 4 is 50.6 Å². The number of alkyl halides is 1. The van der Waals surface area contributed by atoms with Gasteiger partial charge in [0, 0.05) is 5.33 Å². The Labute approximate surface area is 231 Å². The van der Waals surface area contributed by atoms with Gasteiger partial charge >= 0.3 is 14.3 Å². The highest BCUT2D eigenvalue weighted by molar-refractivity contribution is 9.08. The van der Waals surface area contributed by atoms with E-state index < -0.39 is 35.4 Å². The summed E-state index contributed by atoms with van der Waals surface area (Å²) < 4.78 is 35.9. The molecule has 0 aliphatic rings. The molecule has 0 aliphatic heterocycles. The molecule has 3 aromatic carbocycles. The molecule has 198 valence electrons. The first-order valence-electron chi connectivity index (χ1n) is 12.4. The van der Waals surface area contributed by atoms with Crippen LogP contribution in [0.5, 0.6) is 0 Å². The van der Waals surface area contributed by atoms with Gasteiger partial charge in [0.25, 0.3) is 0 Å². The standard InChI is InChI=1S/C29H36BrNO4SSi/c1-22(2)20-27(31-36(33,34)24-18-16-23(21-30)17-19-24)28(32)35-37(29(3,4)5,25-12-8-6-9-13-25)26-14-10-7-11-15-26/h6-19,22,27,31H,20-21H2,1-5H3/t27-/m0/s1. The van der Waals surface area contributed by atoms with Gasteiger partial charge < -0.3 is 4.43 Å². The van der Waals surface area contributed by atoms with Gasteiger partial charge in [-0.05, 0) is 45.4 Å². The highest BCUT2D eigenvalue weighted by Crippen LogP contribution is 2.37. The second-order valence-corrected chi connectivity index (χ2v) is 17.2. The maximum absolute atomic E-state index is 14.0. The number of sulfonamides is 1. The van der Waals surface area contributed by atoms with Crippen LogP contribution in [-0.4, -0.2) is 28.7 Å². The van der Waals surface area contributed by atoms with E-state index in [9.17, 15) is 13.2 Å². The van der Waals surface area contributed by atoms with Crippen LogP contribution in [0.1, 0.15) is 46.6 Å². The first-order chi connectivity index (χ1) is 17.4. The molecule has 5 nitrogen and oxygen atoms in total. The summed E-state index contributed by atoms with van der Waals surface area (Å²) in [5, 5.41) is 2.12. The molecule has 1 N–H and O–H groups in total. The molecule has 0 saturated heterocycles. The van der Waals surface area contributed by atoms with E-state index >= 15 is 0 Å². The fraction of sp³-hybridized carbons (Fsp3) is 0.345. The summed E-state index contributed by atoms with van der Waals surface area (Å²) >= 11 is 3.38. The van der Waals surface area contributed by atoms with Crippen molar-refractivity contribution in [3.8, 4) is 0 Å². The van der Waals surface area contributed by atoms with E-state index in [4.69, 9.17) is 4.43 Å². The fourth-order valence-corrected chi connectivity index (χ4v) is 10.5. The molecule has 0 spiro atoms. The minimum atomic E-state index is -3.95. The van der Waals surface area contributed by atoms with Crippen LogP contribution in [-0.2, 0) is 24.6 Å². The lowest BCUT2D eigenvalue weighted by atomic mass is 10.1. The van der Waals surface area contributed by atoms with Gasteiger partial charge in [0.1, 0.15) is 6.04 Å². The SMILES string of the molecule is CC(C)C[C@H](NS(=O)(=O)c1ccc(CBr)cc1)C(=O)O[Si](c1ccccc1)(c1ccccc1)C(C)(C)C. The maximum atomic E-state index is 14.0. The van der Waals surface area contributed by atoms with E-state index in [0.29, 0.717) is 11.8 Å². The average molecular weight is 603 g/mol. The summed E-state index contributed by atoms with van der Waals surface area (Å²) in [4.78, 5) is 14.1. The number of hydrogen-bond acceptors (Lipinski definition) is 4. The molecule has 0 amide bonds. The molecule has 37 heavy (non-hydrogen) atoms. The smallest absolute Gasteiger partial charge is 0.323 e. The van der Waals surface area contributed by atoms with Crippen molar-refractivity contribution < 1.29 is 17.6 Å². The normalized spacial score (nSPS) is 13.4. The zero-order valence-electron chi connectivity index (χ0n) is 22.1. The first-order valence-corrected chi connectivity index (χ1v) is 16.9. The Morgan fingerprint density at radius 2 is 1.38 bits per heavy atom. The number of benzene rings is 3. The van der Waals surface area contributed by atoms with Crippen molar-refractivity contribution in [2.75, 3.05) is 0 Å². The quantitative estimate of drug-likeness (QED) is 0.250. The van der Waals surface area contributed by atoms with Crippen LogP contribution in [0.15, 0.2) is 89.8 Å². The van der Waals surface area contributed by atoms with Gasteiger partial charge in [-0.3, -0.25) is 4.79 Å². The van der Waals surface area contributed by atoms with Crippen molar-refractivity contribution in [3.05, 3.63) is 90.5 Å². The molecule has 3 aromatic rings. The molecule has 0 radical (unpaired) electrons. The molecule has 0 bridgehead atoms. The molecule has 0 aromatic heterocycles. The van der Waals surface area contributed by atoms with E-state index in [2.05, 4.69) is 41.4 Å². The van der Waals surface area contributed by atoms with Crippen molar-refractivity contribution in [1.29, 1.82) is 0 Å². The summed E-state index contributed by atoms with van der Waals surface area (Å²) in [6.45, 7) is 10.2. The fourth-order valence-electron chi connectivity index (χ4n) is 4.55. The molecule has 0 aliphatic carbocycles. The number of carbonyl (C=O) groups is 1. The van der Waals surface area contributed by atoms with Crippen molar-refractivity contribution in [2.45, 2.75) is 62.3 Å². The highest BCUT2D eigenvalue weighted by Gasteiger charge is 2.53. The number of nitrogens with one attached hydrogen (secondary N) is 1. The molecule has 0 heterocycles. The lowest BCUT2D eigenvalue weighted by molar-refractivity contribution is -0.137. The predicted octanol–water partition coefficient (Wildman–Crippen LogP) is 5.38. The third kappa shape index (κ3) is 6.79. The Kier molecular flexibility index (Phi) is 9.55. The molecular formula is C29H36BrNO4SSi. The van der Waals surface area contributed by atoms with Crippen LogP contribution >= 0.6 is 15.9 Å². The summed E-state index contributed by atoms with van der Waals surface area (Å²) in [6, 6.07) is 25.3. The monoisotopic (exact) mass is 601 g/mol. The van der Waals surface area contributed by atoms with Gasteiger partial charge in [0.2, 0.25) is 10.0 Å². The number of carbonyl (C=O) groups excluding carboxylic acids is 1. The van der Waals surface area contributed by atoms with Gasteiger partial charge in [-0.15, -0.1) is 0 Å². The zero-order chi connectivity index (χ0) is 27.3. The number of halogens is 1. The van der Waals surface area contributed by atoms with Gasteiger partial charge in [0.05, 0.1) is 4.90 Å². The van der Waals surface area contributed by atoms with E-state index in [-0.39, 0.29) is 10.8 Å². The topological polar surface area (TPSA) is 72.5 Å². The van der Waals surface area contributed by atoms with Gasteiger partial charge in [-0.25, -0.2) is 8.42 Å². The first kappa shape index (κ1) is 29.3. The van der Waals surface area contributed by atoms with Crippen LogP contribution < -0.4 is 15.1 Å². The van der Waals surface area contributed by atoms with Crippen LogP contribution in [0, 0.1) is 5.92 Å². The largest absolute Gasteiger partial charge is 0.508 e. The van der Waals surface area contributed by atoms with Crippen LogP contribution in [0.4, 0.5) is 0 Å². The third-order valence-corrected chi connectivity index (χ3v) is 13.4. The third-order valence-electron chi connectivity index (χ3n) is 6.35. The molecule has 0 unspecified atom stereocenters. The Bertz CT molecular complexity index is 1240. The lowest BCUT2D eigenvalue weighted by Crippen LogP contribution is -2.68. The Hall–Kier alpha value is -2.26. The summed E-state index contributed by atoms with van der Waals surface area (Å²) in [5.74, 6) is -0.487. The van der Waals surface area contributed by atoms with Crippen LogP contribution in [0.3, 0.4) is 0 Å². The summed E-state index contributed by atoms with van der Waals surface area (Å²) in [5.41, 5.74) is 0.962. The zero-order valence-corrected chi connectivity index (χ0v) is 25.5. The molecule has 0 saturated carbocycles. The Morgan fingerprint density at radius 1 is 0.892 bits per heavy atom. The van der Waals surface area contributed by atoms with Gasteiger partial charge in [-0.1, -0.05) is 123 Å². The molecule has 0 fully saturated rings. The van der Waals surface area contributed by atoms with Crippen molar-refractivity contribution in [3.63, 3.8) is 0 Å². The molecule has 8 heteroatoms. The minimum Gasteiger partial charge on any atom is -0.508 e. The Balaban J connectivity index is 2.06. The summed E-state index contributed by atoms with van der Waals surface area (Å²) in [7, 11) is -7.13. The number of rotatable bonds is 10. The van der Waals surface area contributed by atoms with Crippen LogP contribution in [0.2, 0.25) is 5.04 Å². The molecule has 3 rings (SSSR count). The highest BCUT2D eigenvalue weighted by atomic mass is 79.9. The minimum absolute atomic E-state index is 0.0650. The lowest BCUT2D eigenvalue weighted by Gasteiger charge is -2.42. The molecular weight excluding hydrogens is 566 g/mol. The second kappa shape index (κ2) is 12.1. The second-order valence-electron chi connectivity index (χ2n) is 10.7. The molecule has 1 atom stereocenters.